The van der Waals surface area contributed by atoms with Gasteiger partial charge in [-0.3, -0.25) is 40.1 Å². The fourth-order valence-corrected chi connectivity index (χ4v) is 13.2. The Bertz CT molecular complexity index is 7040. The van der Waals surface area contributed by atoms with Gasteiger partial charge in [0.05, 0.1) is 105 Å². The summed E-state index contributed by atoms with van der Waals surface area (Å²) in [6.07, 6.45) is 4.44. The molecule has 0 saturated heterocycles. The number of benzene rings is 10. The van der Waals surface area contributed by atoms with Crippen LogP contribution in [0.15, 0.2) is 257 Å². The number of alkyl halides is 1. The number of nitrogens with two attached hydrogens (primary N) is 2. The number of halogens is 6. The molecule has 0 bridgehead atoms. The average Bonchev–Trinajstić information content (AvgIpc) is 1.61. The van der Waals surface area contributed by atoms with Crippen molar-refractivity contribution in [3.8, 4) is 115 Å². The van der Waals surface area contributed by atoms with Crippen molar-refractivity contribution in [2.45, 2.75) is 20.8 Å². The number of carbonyl (C=O) groups excluding carboxylic acids is 5. The molecule has 47 heteroatoms. The molecule has 4 amide bonds. The van der Waals surface area contributed by atoms with Crippen LogP contribution in [0.3, 0.4) is 0 Å². The number of phenols is 4. The van der Waals surface area contributed by atoms with Crippen LogP contribution >= 0.6 is 71.2 Å². The fourth-order valence-electron chi connectivity index (χ4n) is 12.9. The molecule has 147 heavy (non-hydrogen) atoms. The normalized spacial score (nSPS) is 11.4. The zero-order valence-corrected chi connectivity index (χ0v) is 84.4. The molecule has 16 aromatic rings. The molecule has 769 valence electrons. The van der Waals surface area contributed by atoms with Gasteiger partial charge in [-0.2, -0.15) is 0 Å². The third-order valence-electron chi connectivity index (χ3n) is 19.4. The van der Waals surface area contributed by atoms with E-state index in [-0.39, 0.29) is 86.3 Å². The molecular weight excluding hydrogens is 2040 g/mol. The van der Waals surface area contributed by atoms with E-state index >= 15 is 0 Å². The summed E-state index contributed by atoms with van der Waals surface area (Å²) in [6.45, 7) is 8.99. The van der Waals surface area contributed by atoms with E-state index in [4.69, 9.17) is 149 Å². The van der Waals surface area contributed by atoms with Gasteiger partial charge in [0.25, 0.3) is 5.91 Å². The number of nitrogens with zero attached hydrogens (tertiary/aromatic N) is 7. The van der Waals surface area contributed by atoms with E-state index in [9.17, 15) is 24.0 Å². The van der Waals surface area contributed by atoms with Gasteiger partial charge in [-0.25, -0.2) is 14.4 Å². The van der Waals surface area contributed by atoms with Crippen LogP contribution in [0.4, 0.5) is 60.3 Å². The third-order valence-corrected chi connectivity index (χ3v) is 20.3. The van der Waals surface area contributed by atoms with Gasteiger partial charge in [0.2, 0.25) is 5.24 Å². The second-order valence-corrected chi connectivity index (χ2v) is 30.9. The Morgan fingerprint density at radius 1 is 0.449 bits per heavy atom. The SMILES string of the molecule is COc1cc2nccc(Cl)c2cc1OC.COc1cc2nccc(Oc3ccc4c(c3)OCCN4)c2cc1OC.COc1cc2nccc(Oc3ccc4c(c3)OCCN4C(=O)Nc3cc(C)on3)c2cc1OC.Cc1cc(N)no1.Cc1cc(NC(=O)Oc2ccccc2)no1.Cl.Cl.Nc1ccc(O)cc1O.O=C(Cl)CCl.O=C(Cl)Oc1ccccc1.O=C1COc2cc(O)ccc2N1.Oc1ccc2c(c1)OCCN2.[B]. The van der Waals surface area contributed by atoms with E-state index < -0.39 is 16.8 Å². The summed E-state index contributed by atoms with van der Waals surface area (Å²) in [5, 5.41) is 63.4. The molecule has 0 saturated carbocycles. The number of fused-ring (bicyclic) bond motifs is 7. The summed E-state index contributed by atoms with van der Waals surface area (Å²) >= 11 is 20.5. The molecule has 0 spiro atoms. The van der Waals surface area contributed by atoms with E-state index in [1.165, 1.54) is 30.3 Å². The lowest BCUT2D eigenvalue weighted by Gasteiger charge is -2.29. The first-order valence-corrected chi connectivity index (χ1v) is 44.6. The maximum atomic E-state index is 12.8. The van der Waals surface area contributed by atoms with E-state index in [0.29, 0.717) is 158 Å². The van der Waals surface area contributed by atoms with Gasteiger partial charge >= 0.3 is 17.6 Å². The van der Waals surface area contributed by atoms with Gasteiger partial charge in [0, 0.05) is 135 Å². The maximum absolute atomic E-state index is 12.8. The molecule has 10 aromatic carbocycles. The number of nitrogen functional groups attached to an aromatic ring is 2. The van der Waals surface area contributed by atoms with Crippen molar-refractivity contribution in [1.29, 1.82) is 0 Å². The number of urea groups is 1. The number of pyridine rings is 3. The number of nitrogens with one attached hydrogen (secondary N) is 5. The number of aromatic hydroxyl groups is 4. The quantitative estimate of drug-likeness (QED) is 0.0113. The number of rotatable bonds is 15. The molecule has 4 aliphatic rings. The number of hydrogen-bond acceptors (Lipinski definition) is 36. The number of phenolic OH excluding ortho intramolecular Hbond substituents is 4. The lowest BCUT2D eigenvalue weighted by molar-refractivity contribution is -0.118. The minimum atomic E-state index is -0.814. The second kappa shape index (κ2) is 57.9. The molecular formula is C100H98BCl6N14O26. The predicted octanol–water partition coefficient (Wildman–Crippen LogP) is 21.2. The van der Waals surface area contributed by atoms with Crippen LogP contribution in [0, 0.1) is 20.8 Å². The van der Waals surface area contributed by atoms with Crippen LogP contribution in [0.1, 0.15) is 17.3 Å². The molecule has 13 N–H and O–H groups in total. The first-order valence-electron chi connectivity index (χ1n) is 42.9. The highest BCUT2D eigenvalue weighted by atomic mass is 35.5. The van der Waals surface area contributed by atoms with Gasteiger partial charge in [-0.05, 0) is 154 Å². The Balaban J connectivity index is 0.000000208. The Labute approximate surface area is 874 Å². The van der Waals surface area contributed by atoms with Crippen LogP contribution < -0.4 is 109 Å². The molecule has 0 fully saturated rings. The van der Waals surface area contributed by atoms with E-state index in [2.05, 4.69) is 66.3 Å². The zero-order valence-electron chi connectivity index (χ0n) is 79.7. The smallest absolute Gasteiger partial charge is 0.418 e. The van der Waals surface area contributed by atoms with Gasteiger partial charge in [0.15, 0.2) is 58.6 Å². The van der Waals surface area contributed by atoms with Crippen molar-refractivity contribution in [2.24, 2.45) is 0 Å². The predicted molar refractivity (Wildman–Crippen MR) is 561 cm³/mol. The fraction of sp³-hybridized carbons (Fsp3) is 0.170. The summed E-state index contributed by atoms with van der Waals surface area (Å²) in [7, 11) is 9.54. The first kappa shape index (κ1) is 115. The number of carbonyl (C=O) groups is 5. The lowest BCUT2D eigenvalue weighted by atomic mass is 10.1. The standard InChI is InChI=1S/C24H22N4O6.C19H18N2O4.C11H10ClNO2.C11H10N2O3.C8H7NO3.C8H9NO2.C7H5ClO2.C6H7NO2.C4H6N2O.C2H2Cl2O.B.2ClH/c1-14-10-23(27-34-14)26-24(29)28-8-9-32-20-11-15(4-5-18(20)28)33-19-6-7-25-17-13-22(31-3)21(30-2)12-16(17)19;1-22-18-10-13-15(11-19(18)23-2)20-6-5-16(13)25-12-3-4-14-17(9-12)24-8-7-21-14;1-14-10-5-7-8(12)3-4-13-9(7)6-11(10)15-2;1-8-7-10(13-16-8)12-11(14)15-9-5-3-2-4-6-9;10-5-1-2-6-7(3-5)12-4-8(11)9-6;10-6-1-2-7-8(5-6)11-4-3-9-7;8-7(9)10-6-4-2-1-3-5-6;7-5-2-1-4(8)3-6(5)9;1-3-2-4(5)6-7-3;3-1-2(4)5;;;/h4-7,10-13H,8-9H2,1-3H3,(H,26,27,29);3-6,9-11,21H,7-8H2,1-2H3;3-6H,1-2H3;2-7H,1H3,(H,12,13,14);1-3,10H,4H2,(H,9,11);1-2,5,9-10H,3-4H2;1-5H;1-3,8-9H,7H2;2H,1H3,(H2,5,6);1H2;;2*1H. The van der Waals surface area contributed by atoms with Crippen LogP contribution in [0.25, 0.3) is 32.7 Å². The zero-order chi connectivity index (χ0) is 103. The molecule has 40 nitrogen and oxygen atoms in total. The highest BCUT2D eigenvalue weighted by Crippen LogP contribution is 2.44. The maximum Gasteiger partial charge on any atom is 0.418 e. The number of aromatic nitrogens is 6. The largest absolute Gasteiger partial charge is 0.508 e. The monoisotopic (exact) mass is 2130 g/mol. The second-order valence-electron chi connectivity index (χ2n) is 29.5. The molecule has 0 unspecified atom stereocenters. The highest BCUT2D eigenvalue weighted by Gasteiger charge is 2.27. The van der Waals surface area contributed by atoms with Crippen molar-refractivity contribution < 1.29 is 124 Å². The lowest BCUT2D eigenvalue weighted by Crippen LogP contribution is -2.40. The number of aryl methyl sites for hydroxylation is 3. The third kappa shape index (κ3) is 35.0. The number of methoxy groups -OCH3 is 6. The molecule has 4 aliphatic heterocycles. The Morgan fingerprint density at radius 3 is 1.33 bits per heavy atom. The van der Waals surface area contributed by atoms with Crippen LogP contribution in [-0.4, -0.2) is 183 Å². The van der Waals surface area contributed by atoms with E-state index in [0.717, 1.165) is 68.9 Å². The van der Waals surface area contributed by atoms with E-state index in [1.807, 2.05) is 66.7 Å². The van der Waals surface area contributed by atoms with Crippen molar-refractivity contribution in [1.82, 2.24) is 30.4 Å². The number of hydrogen-bond donors (Lipinski definition) is 11. The van der Waals surface area contributed by atoms with Crippen molar-refractivity contribution >= 4 is 187 Å². The van der Waals surface area contributed by atoms with Gasteiger partial charge < -0.3 is 128 Å². The molecule has 10 heterocycles. The minimum absolute atomic E-state index is 0. The van der Waals surface area contributed by atoms with Crippen LogP contribution in [-0.2, 0) is 9.59 Å². The Hall–Kier alpha value is -17.0. The summed E-state index contributed by atoms with van der Waals surface area (Å²) in [4.78, 5) is 69.2. The topological polar surface area (TPSA) is 528 Å². The minimum Gasteiger partial charge on any atom is -0.508 e. The number of para-hydroxylation sites is 2. The van der Waals surface area contributed by atoms with Crippen molar-refractivity contribution in [3.05, 3.63) is 265 Å². The number of amides is 4. The molecule has 20 rings (SSSR count). The van der Waals surface area contributed by atoms with Gasteiger partial charge in [-0.1, -0.05) is 63.5 Å². The van der Waals surface area contributed by atoms with Crippen LogP contribution in [0.5, 0.6) is 115 Å². The van der Waals surface area contributed by atoms with Crippen molar-refractivity contribution in [2.75, 3.05) is 138 Å². The number of anilines is 8. The summed E-state index contributed by atoms with van der Waals surface area (Å²) in [6, 6.07) is 63.0. The molecule has 0 atom stereocenters. The Kier molecular flexibility index (Phi) is 45.4. The average molecular weight is 2140 g/mol. The van der Waals surface area contributed by atoms with Crippen LogP contribution in [0.2, 0.25) is 5.02 Å². The van der Waals surface area contributed by atoms with E-state index in [1.54, 1.807) is 214 Å². The summed E-state index contributed by atoms with van der Waals surface area (Å²) < 4.78 is 89.9. The summed E-state index contributed by atoms with van der Waals surface area (Å²) in [5.41, 5.74) is 15.3. The molecule has 0 aliphatic carbocycles. The van der Waals surface area contributed by atoms with Gasteiger partial charge in [0.1, 0.15) is 118 Å². The molecule has 6 aromatic heterocycles. The first-order chi connectivity index (χ1) is 69.5. The number of ether oxygens (including phenoxy) is 14. The Morgan fingerprint density at radius 2 is 0.871 bits per heavy atom. The molecule has 3 radical (unpaired) electrons. The highest BCUT2D eigenvalue weighted by molar-refractivity contribution is 6.67. The summed E-state index contributed by atoms with van der Waals surface area (Å²) in [5.74, 6) is 12.9. The van der Waals surface area contributed by atoms with Gasteiger partial charge in [-0.15, -0.1) is 36.4 Å². The van der Waals surface area contributed by atoms with Crippen molar-refractivity contribution in [3.63, 3.8) is 0 Å².